The van der Waals surface area contributed by atoms with Gasteiger partial charge in [0.1, 0.15) is 11.8 Å². The summed E-state index contributed by atoms with van der Waals surface area (Å²) in [7, 11) is 1.85. The molecule has 7 nitrogen and oxygen atoms in total. The second-order valence-corrected chi connectivity index (χ2v) is 6.17. The Morgan fingerprint density at radius 2 is 2.12 bits per heavy atom. The molecular formula is C18H19N5O2. The number of amides is 1. The van der Waals surface area contributed by atoms with Crippen LogP contribution in [0.2, 0.25) is 0 Å². The molecule has 0 bridgehead atoms. The van der Waals surface area contributed by atoms with Crippen molar-refractivity contribution < 1.29 is 9.53 Å². The molecule has 0 aliphatic carbocycles. The number of rotatable bonds is 3. The van der Waals surface area contributed by atoms with E-state index in [-0.39, 0.29) is 12.0 Å². The quantitative estimate of drug-likeness (QED) is 0.730. The monoisotopic (exact) mass is 337 g/mol. The summed E-state index contributed by atoms with van der Waals surface area (Å²) in [5, 5.41) is 0. The van der Waals surface area contributed by atoms with Gasteiger partial charge in [0.15, 0.2) is 0 Å². The number of ether oxygens (including phenoxy) is 1. The van der Waals surface area contributed by atoms with Gasteiger partial charge >= 0.3 is 0 Å². The molecule has 0 unspecified atom stereocenters. The number of imidazole rings is 1. The van der Waals surface area contributed by atoms with E-state index in [9.17, 15) is 4.79 Å². The molecule has 128 valence electrons. The third-order valence-electron chi connectivity index (χ3n) is 4.24. The van der Waals surface area contributed by atoms with Gasteiger partial charge in [0.25, 0.3) is 5.91 Å². The highest BCUT2D eigenvalue weighted by molar-refractivity contribution is 5.92. The second-order valence-electron chi connectivity index (χ2n) is 6.17. The summed E-state index contributed by atoms with van der Waals surface area (Å²) >= 11 is 0. The summed E-state index contributed by atoms with van der Waals surface area (Å²) in [6.07, 6.45) is 6.90. The van der Waals surface area contributed by atoms with Crippen molar-refractivity contribution in [2.24, 2.45) is 7.05 Å². The first-order valence-electron chi connectivity index (χ1n) is 8.18. The van der Waals surface area contributed by atoms with Gasteiger partial charge in [-0.05, 0) is 18.2 Å². The van der Waals surface area contributed by atoms with Crippen LogP contribution in [0.4, 0.5) is 0 Å². The van der Waals surface area contributed by atoms with Crippen LogP contribution in [0.15, 0.2) is 55.2 Å². The molecule has 1 atom stereocenters. The summed E-state index contributed by atoms with van der Waals surface area (Å²) in [5.41, 5.74) is 1.52. The summed E-state index contributed by atoms with van der Waals surface area (Å²) in [6, 6.07) is 9.58. The van der Waals surface area contributed by atoms with Crippen LogP contribution in [0.1, 0.15) is 16.2 Å². The van der Waals surface area contributed by atoms with Gasteiger partial charge in [-0.3, -0.25) is 4.79 Å². The van der Waals surface area contributed by atoms with Gasteiger partial charge in [0.05, 0.1) is 26.0 Å². The van der Waals surface area contributed by atoms with E-state index in [1.807, 2.05) is 43.6 Å². The van der Waals surface area contributed by atoms with Crippen LogP contribution in [0.3, 0.4) is 0 Å². The minimum Gasteiger partial charge on any atom is -0.471 e. The van der Waals surface area contributed by atoms with Crippen molar-refractivity contribution in [3.05, 3.63) is 66.6 Å². The van der Waals surface area contributed by atoms with Crippen LogP contribution >= 0.6 is 0 Å². The molecule has 1 amide bonds. The molecule has 0 spiro atoms. The average molecular weight is 337 g/mol. The van der Waals surface area contributed by atoms with Crippen molar-refractivity contribution in [1.82, 2.24) is 24.0 Å². The molecule has 0 N–H and O–H groups in total. The minimum absolute atomic E-state index is 0.0927. The third kappa shape index (κ3) is 3.26. The van der Waals surface area contributed by atoms with Gasteiger partial charge in [-0.15, -0.1) is 0 Å². The largest absolute Gasteiger partial charge is 0.471 e. The number of nitrogens with zero attached hydrogens (tertiary/aromatic N) is 5. The van der Waals surface area contributed by atoms with Crippen molar-refractivity contribution >= 4 is 5.91 Å². The van der Waals surface area contributed by atoms with E-state index in [4.69, 9.17) is 4.74 Å². The third-order valence-corrected chi connectivity index (χ3v) is 4.24. The lowest BCUT2D eigenvalue weighted by Gasteiger charge is -2.23. The van der Waals surface area contributed by atoms with E-state index in [1.54, 1.807) is 28.2 Å². The van der Waals surface area contributed by atoms with Gasteiger partial charge in [-0.25, -0.2) is 9.97 Å². The number of hydrogen-bond acceptors (Lipinski definition) is 4. The molecule has 25 heavy (non-hydrogen) atoms. The maximum absolute atomic E-state index is 12.9. The highest BCUT2D eigenvalue weighted by Crippen LogP contribution is 2.18. The molecule has 3 aromatic heterocycles. The zero-order chi connectivity index (χ0) is 17.2. The molecule has 1 aliphatic rings. The predicted molar refractivity (Wildman–Crippen MR) is 91.0 cm³/mol. The molecule has 1 aliphatic heterocycles. The van der Waals surface area contributed by atoms with Crippen molar-refractivity contribution in [3.63, 3.8) is 0 Å². The Morgan fingerprint density at radius 1 is 1.20 bits per heavy atom. The fourth-order valence-electron chi connectivity index (χ4n) is 3.06. The normalized spacial score (nSPS) is 17.0. The number of hydrogen-bond donors (Lipinski definition) is 0. The van der Waals surface area contributed by atoms with Crippen LogP contribution in [0, 0.1) is 0 Å². The van der Waals surface area contributed by atoms with E-state index >= 15 is 0 Å². The first-order chi connectivity index (χ1) is 12.2. The fourth-order valence-corrected chi connectivity index (χ4v) is 3.06. The molecule has 7 heteroatoms. The second kappa shape index (κ2) is 6.43. The molecule has 0 saturated carbocycles. The SMILES string of the molecule is Cn1cnc(C(=O)N2Cc3cccn3C[C@@H](Oc3ccccn3)C2)c1. The number of fused-ring (bicyclic) bond motifs is 1. The first-order valence-corrected chi connectivity index (χ1v) is 8.18. The van der Waals surface area contributed by atoms with E-state index in [0.29, 0.717) is 31.2 Å². The Bertz CT molecular complexity index is 870. The Morgan fingerprint density at radius 3 is 2.88 bits per heavy atom. The van der Waals surface area contributed by atoms with Crippen molar-refractivity contribution in [3.8, 4) is 5.88 Å². The first kappa shape index (κ1) is 15.4. The Balaban J connectivity index is 1.60. The van der Waals surface area contributed by atoms with E-state index in [0.717, 1.165) is 5.69 Å². The lowest BCUT2D eigenvalue weighted by Crippen LogP contribution is -2.38. The molecule has 4 rings (SSSR count). The Kier molecular flexibility index (Phi) is 3.97. The highest BCUT2D eigenvalue weighted by Gasteiger charge is 2.27. The van der Waals surface area contributed by atoms with E-state index < -0.39 is 0 Å². The van der Waals surface area contributed by atoms with Gasteiger partial charge in [0, 0.05) is 37.4 Å². The summed E-state index contributed by atoms with van der Waals surface area (Å²) in [5.74, 6) is 0.471. The Hall–Kier alpha value is -3.09. The summed E-state index contributed by atoms with van der Waals surface area (Å²) in [6.45, 7) is 1.68. The van der Waals surface area contributed by atoms with Crippen molar-refractivity contribution in [1.29, 1.82) is 0 Å². The number of carbonyl (C=O) groups is 1. The van der Waals surface area contributed by atoms with Crippen LogP contribution < -0.4 is 4.74 Å². The standard InChI is InChI=1S/C18H19N5O2/c1-21-12-16(20-13-21)18(24)23-9-14-5-4-8-22(14)10-15(11-23)25-17-6-2-3-7-19-17/h2-8,12-13,15H,9-11H2,1H3/t15-/m1/s1. The van der Waals surface area contributed by atoms with Gasteiger partial charge < -0.3 is 18.8 Å². The van der Waals surface area contributed by atoms with Crippen LogP contribution in [0.25, 0.3) is 0 Å². The van der Waals surface area contributed by atoms with Crippen LogP contribution in [0.5, 0.6) is 5.88 Å². The lowest BCUT2D eigenvalue weighted by molar-refractivity contribution is 0.0641. The minimum atomic E-state index is -0.184. The smallest absolute Gasteiger partial charge is 0.274 e. The summed E-state index contributed by atoms with van der Waals surface area (Å²) < 4.78 is 9.93. The predicted octanol–water partition coefficient (Wildman–Crippen LogP) is 1.72. The molecule has 0 saturated heterocycles. The number of carbonyl (C=O) groups excluding carboxylic acids is 1. The lowest BCUT2D eigenvalue weighted by atomic mass is 10.3. The van der Waals surface area contributed by atoms with Crippen molar-refractivity contribution in [2.75, 3.05) is 6.54 Å². The molecular weight excluding hydrogens is 318 g/mol. The average Bonchev–Trinajstić information content (AvgIpc) is 3.20. The number of aromatic nitrogens is 4. The summed E-state index contributed by atoms with van der Waals surface area (Å²) in [4.78, 5) is 23.1. The molecule has 0 radical (unpaired) electrons. The van der Waals surface area contributed by atoms with Crippen LogP contribution in [-0.2, 0) is 20.1 Å². The van der Waals surface area contributed by atoms with Gasteiger partial charge in [0.2, 0.25) is 5.88 Å². The maximum atomic E-state index is 12.9. The van der Waals surface area contributed by atoms with Crippen molar-refractivity contribution in [2.45, 2.75) is 19.2 Å². The Labute approximate surface area is 145 Å². The van der Waals surface area contributed by atoms with E-state index in [1.165, 1.54) is 0 Å². The molecule has 3 aromatic rings. The molecule has 4 heterocycles. The number of pyridine rings is 1. The van der Waals surface area contributed by atoms with Gasteiger partial charge in [-0.1, -0.05) is 6.07 Å². The fraction of sp³-hybridized carbons (Fsp3) is 0.278. The maximum Gasteiger partial charge on any atom is 0.274 e. The zero-order valence-electron chi connectivity index (χ0n) is 13.9. The highest BCUT2D eigenvalue weighted by atomic mass is 16.5. The number of aryl methyl sites for hydroxylation is 1. The molecule has 0 aromatic carbocycles. The van der Waals surface area contributed by atoms with Crippen LogP contribution in [-0.4, -0.2) is 42.6 Å². The molecule has 0 fully saturated rings. The van der Waals surface area contributed by atoms with E-state index in [2.05, 4.69) is 14.5 Å². The van der Waals surface area contributed by atoms with Gasteiger partial charge in [-0.2, -0.15) is 0 Å². The zero-order valence-corrected chi connectivity index (χ0v) is 13.9. The topological polar surface area (TPSA) is 65.2 Å².